The minimum Gasteiger partial charge on any atom is -0.455 e. The Kier molecular flexibility index (Phi) is 5.33. The van der Waals surface area contributed by atoms with Crippen LogP contribution in [-0.4, -0.2) is 29.8 Å². The fraction of sp³-hybridized carbons (Fsp3) is 0.300. The normalized spacial score (nSPS) is 14.3. The molecule has 1 aliphatic rings. The van der Waals surface area contributed by atoms with Gasteiger partial charge in [0.2, 0.25) is 11.8 Å². The first-order valence-electron chi connectivity index (χ1n) is 8.53. The molecule has 25 heavy (non-hydrogen) atoms. The molecule has 0 aromatic heterocycles. The van der Waals surface area contributed by atoms with E-state index in [9.17, 15) is 9.59 Å². The number of anilines is 1. The molecule has 2 aromatic carbocycles. The minimum atomic E-state index is -0.212. The molecule has 0 saturated carbocycles. The van der Waals surface area contributed by atoms with Crippen LogP contribution in [-0.2, 0) is 9.59 Å². The van der Waals surface area contributed by atoms with Crippen LogP contribution in [0.2, 0.25) is 0 Å². The third-order valence-corrected chi connectivity index (χ3v) is 4.13. The molecule has 1 saturated heterocycles. The maximum atomic E-state index is 12.3. The molecule has 0 unspecified atom stereocenters. The van der Waals surface area contributed by atoms with Crippen molar-refractivity contribution in [2.45, 2.75) is 26.2 Å². The van der Waals surface area contributed by atoms with Crippen molar-refractivity contribution in [1.82, 2.24) is 4.90 Å². The van der Waals surface area contributed by atoms with Crippen LogP contribution in [0.3, 0.4) is 0 Å². The highest BCUT2D eigenvalue weighted by atomic mass is 16.5. The van der Waals surface area contributed by atoms with Crippen LogP contribution in [0.25, 0.3) is 0 Å². The molecule has 1 heterocycles. The van der Waals surface area contributed by atoms with Gasteiger partial charge in [-0.05, 0) is 49.6 Å². The molecule has 1 aliphatic heterocycles. The van der Waals surface area contributed by atoms with Crippen LogP contribution in [0.1, 0.15) is 24.8 Å². The quantitative estimate of drug-likeness (QED) is 0.903. The van der Waals surface area contributed by atoms with Gasteiger partial charge in [0.1, 0.15) is 5.75 Å². The zero-order valence-corrected chi connectivity index (χ0v) is 14.3. The summed E-state index contributed by atoms with van der Waals surface area (Å²) in [4.78, 5) is 25.8. The van der Waals surface area contributed by atoms with E-state index in [1.807, 2.05) is 49.4 Å². The summed E-state index contributed by atoms with van der Waals surface area (Å²) in [5, 5.41) is 2.86. The van der Waals surface area contributed by atoms with Crippen LogP contribution in [0.5, 0.6) is 11.5 Å². The fourth-order valence-electron chi connectivity index (χ4n) is 2.86. The fourth-order valence-corrected chi connectivity index (χ4v) is 2.86. The predicted octanol–water partition coefficient (Wildman–Crippen LogP) is 3.74. The number of nitrogens with one attached hydrogen (secondary N) is 1. The molecule has 5 heteroatoms. The first-order valence-corrected chi connectivity index (χ1v) is 8.53. The molecule has 0 atom stereocenters. The summed E-state index contributed by atoms with van der Waals surface area (Å²) >= 11 is 0. The maximum Gasteiger partial charge on any atom is 0.244 e. The zero-order valence-electron chi connectivity index (χ0n) is 14.3. The van der Waals surface area contributed by atoms with Crippen LogP contribution in [0, 0.1) is 6.92 Å². The molecule has 2 aromatic rings. The average molecular weight is 338 g/mol. The number of benzene rings is 2. The molecule has 130 valence electrons. The van der Waals surface area contributed by atoms with Crippen LogP contribution >= 0.6 is 0 Å². The smallest absolute Gasteiger partial charge is 0.244 e. The van der Waals surface area contributed by atoms with Crippen molar-refractivity contribution < 1.29 is 14.3 Å². The summed E-state index contributed by atoms with van der Waals surface area (Å²) in [6, 6.07) is 15.0. The number of amides is 2. The van der Waals surface area contributed by atoms with Gasteiger partial charge in [-0.1, -0.05) is 24.3 Å². The number of piperidine rings is 1. The number of carbonyl (C=O) groups excluding carboxylic acids is 2. The van der Waals surface area contributed by atoms with E-state index in [4.69, 9.17) is 4.74 Å². The molecule has 5 nitrogen and oxygen atoms in total. The molecule has 0 spiro atoms. The maximum absolute atomic E-state index is 12.3. The highest BCUT2D eigenvalue weighted by molar-refractivity contribution is 5.95. The van der Waals surface area contributed by atoms with Gasteiger partial charge in [0.25, 0.3) is 0 Å². The van der Waals surface area contributed by atoms with Crippen LogP contribution in [0.15, 0.2) is 48.5 Å². The largest absolute Gasteiger partial charge is 0.455 e. The highest BCUT2D eigenvalue weighted by Crippen LogP contribution is 2.29. The number of hydrogen-bond acceptors (Lipinski definition) is 3. The number of carbonyl (C=O) groups is 2. The lowest BCUT2D eigenvalue weighted by atomic mass is 10.1. The van der Waals surface area contributed by atoms with Crippen molar-refractivity contribution >= 4 is 17.5 Å². The van der Waals surface area contributed by atoms with Crippen molar-refractivity contribution in [3.05, 3.63) is 54.1 Å². The molecule has 1 N–H and O–H groups in total. The lowest BCUT2D eigenvalue weighted by Gasteiger charge is -2.26. The predicted molar refractivity (Wildman–Crippen MR) is 96.8 cm³/mol. The summed E-state index contributed by atoms with van der Waals surface area (Å²) < 4.78 is 5.91. The standard InChI is InChI=1S/C20H22N2O3/c1-15-7-6-8-16(13-15)25-18-10-3-2-9-17(18)21-19(23)14-22-12-5-4-11-20(22)24/h2-3,6-10,13H,4-5,11-12,14H2,1H3,(H,21,23). The van der Waals surface area contributed by atoms with E-state index in [0.29, 0.717) is 30.2 Å². The van der Waals surface area contributed by atoms with E-state index in [1.165, 1.54) is 0 Å². The van der Waals surface area contributed by atoms with Gasteiger partial charge in [0.05, 0.1) is 12.2 Å². The molecular weight excluding hydrogens is 316 g/mol. The Morgan fingerprint density at radius 2 is 2.00 bits per heavy atom. The third-order valence-electron chi connectivity index (χ3n) is 4.13. The first-order chi connectivity index (χ1) is 12.1. The Morgan fingerprint density at radius 1 is 1.16 bits per heavy atom. The van der Waals surface area contributed by atoms with E-state index >= 15 is 0 Å². The SMILES string of the molecule is Cc1cccc(Oc2ccccc2NC(=O)CN2CCCCC2=O)c1. The number of ether oxygens (including phenoxy) is 1. The second kappa shape index (κ2) is 7.83. The summed E-state index contributed by atoms with van der Waals surface area (Å²) in [6.45, 7) is 2.72. The second-order valence-corrected chi connectivity index (χ2v) is 6.24. The Morgan fingerprint density at radius 3 is 2.80 bits per heavy atom. The van der Waals surface area contributed by atoms with Gasteiger partial charge < -0.3 is 15.0 Å². The minimum absolute atomic E-state index is 0.0469. The number of para-hydroxylation sites is 2. The third kappa shape index (κ3) is 4.59. The average Bonchev–Trinajstić information content (AvgIpc) is 2.59. The molecule has 2 amide bonds. The summed E-state index contributed by atoms with van der Waals surface area (Å²) in [6.07, 6.45) is 2.39. The van der Waals surface area contributed by atoms with Gasteiger partial charge in [-0.15, -0.1) is 0 Å². The Balaban J connectivity index is 1.68. The van der Waals surface area contributed by atoms with Gasteiger partial charge in [-0.25, -0.2) is 0 Å². The van der Waals surface area contributed by atoms with Gasteiger partial charge in [0, 0.05) is 13.0 Å². The van der Waals surface area contributed by atoms with Crippen LogP contribution < -0.4 is 10.1 Å². The topological polar surface area (TPSA) is 58.6 Å². The zero-order chi connectivity index (χ0) is 17.6. The number of hydrogen-bond donors (Lipinski definition) is 1. The Hall–Kier alpha value is -2.82. The lowest BCUT2D eigenvalue weighted by Crippen LogP contribution is -2.40. The van der Waals surface area contributed by atoms with E-state index in [0.717, 1.165) is 18.4 Å². The number of nitrogens with zero attached hydrogens (tertiary/aromatic N) is 1. The van der Waals surface area contributed by atoms with E-state index < -0.39 is 0 Å². The second-order valence-electron chi connectivity index (χ2n) is 6.24. The molecule has 0 radical (unpaired) electrons. The van der Waals surface area contributed by atoms with Gasteiger partial charge in [-0.2, -0.15) is 0 Å². The summed E-state index contributed by atoms with van der Waals surface area (Å²) in [5.41, 5.74) is 1.70. The highest BCUT2D eigenvalue weighted by Gasteiger charge is 2.20. The van der Waals surface area contributed by atoms with Gasteiger partial charge in [-0.3, -0.25) is 9.59 Å². The van der Waals surface area contributed by atoms with E-state index in [2.05, 4.69) is 5.32 Å². The van der Waals surface area contributed by atoms with Crippen molar-refractivity contribution in [2.24, 2.45) is 0 Å². The molecular formula is C20H22N2O3. The molecule has 0 aliphatic carbocycles. The molecule has 1 fully saturated rings. The van der Waals surface area contributed by atoms with Crippen molar-refractivity contribution in [3.8, 4) is 11.5 Å². The first kappa shape index (κ1) is 17.0. The van der Waals surface area contributed by atoms with Gasteiger partial charge in [0.15, 0.2) is 5.75 Å². The summed E-state index contributed by atoms with van der Waals surface area (Å²) in [5.74, 6) is 1.13. The molecule has 0 bridgehead atoms. The number of likely N-dealkylation sites (tertiary alicyclic amines) is 1. The van der Waals surface area contributed by atoms with Crippen molar-refractivity contribution in [2.75, 3.05) is 18.4 Å². The Bertz CT molecular complexity index is 773. The molecule has 3 rings (SSSR count). The van der Waals surface area contributed by atoms with E-state index in [1.54, 1.807) is 11.0 Å². The monoisotopic (exact) mass is 338 g/mol. The van der Waals surface area contributed by atoms with E-state index in [-0.39, 0.29) is 18.4 Å². The van der Waals surface area contributed by atoms with Crippen molar-refractivity contribution in [1.29, 1.82) is 0 Å². The van der Waals surface area contributed by atoms with Crippen molar-refractivity contribution in [3.63, 3.8) is 0 Å². The summed E-state index contributed by atoms with van der Waals surface area (Å²) in [7, 11) is 0. The van der Waals surface area contributed by atoms with Crippen LogP contribution in [0.4, 0.5) is 5.69 Å². The Labute approximate surface area is 147 Å². The number of rotatable bonds is 5. The number of aryl methyl sites for hydroxylation is 1. The lowest BCUT2D eigenvalue weighted by molar-refractivity contribution is -0.136. The van der Waals surface area contributed by atoms with Gasteiger partial charge >= 0.3 is 0 Å².